The number of hydrogen-bond donors (Lipinski definition) is 2. The lowest BCUT2D eigenvalue weighted by Gasteiger charge is -2.39. The molecule has 7 heteroatoms. The largest absolute Gasteiger partial charge is 0.505 e. The van der Waals surface area contributed by atoms with Crippen LogP contribution in [0.3, 0.4) is 0 Å². The summed E-state index contributed by atoms with van der Waals surface area (Å²) in [6.45, 7) is 4.27. The quantitative estimate of drug-likeness (QED) is 0.760. The molecule has 25 heavy (non-hydrogen) atoms. The van der Waals surface area contributed by atoms with Gasteiger partial charge in [0.15, 0.2) is 16.3 Å². The van der Waals surface area contributed by atoms with Crippen molar-refractivity contribution < 1.29 is 15.0 Å². The second-order valence-corrected chi connectivity index (χ2v) is 7.82. The molecule has 0 bridgehead atoms. The zero-order chi connectivity index (χ0) is 18.1. The smallest absolute Gasteiger partial charge is 0.341 e. The molecule has 4 rings (SSSR count). The highest BCUT2D eigenvalue weighted by Crippen LogP contribution is 2.58. The number of hydrogen-bond acceptors (Lipinski definition) is 4. The van der Waals surface area contributed by atoms with E-state index in [0.29, 0.717) is 11.4 Å². The van der Waals surface area contributed by atoms with Crippen LogP contribution in [0.25, 0.3) is 11.4 Å². The Labute approximate surface area is 148 Å². The molecule has 2 N–H and O–H groups in total. The van der Waals surface area contributed by atoms with E-state index in [1.165, 1.54) is 12.3 Å². The summed E-state index contributed by atoms with van der Waals surface area (Å²) in [5, 5.41) is 19.3. The maximum absolute atomic E-state index is 12.2. The molecule has 6 nitrogen and oxygen atoms in total. The molecule has 2 aliphatic rings. The zero-order valence-corrected chi connectivity index (χ0v) is 14.5. The molecule has 2 atom stereocenters. The Kier molecular flexibility index (Phi) is 3.28. The number of carboxylic acids is 1. The van der Waals surface area contributed by atoms with Crippen molar-refractivity contribution in [3.8, 4) is 17.1 Å². The summed E-state index contributed by atoms with van der Waals surface area (Å²) in [6, 6.07) is 2.92. The van der Waals surface area contributed by atoms with Crippen molar-refractivity contribution in [3.63, 3.8) is 0 Å². The number of aromatic hydroxyl groups is 1. The average molecular weight is 361 g/mol. The summed E-state index contributed by atoms with van der Waals surface area (Å²) < 4.78 is 1.87. The third-order valence-electron chi connectivity index (χ3n) is 5.52. The van der Waals surface area contributed by atoms with E-state index in [1.54, 1.807) is 6.07 Å². The molecule has 1 saturated carbocycles. The van der Waals surface area contributed by atoms with Crippen molar-refractivity contribution in [2.45, 2.75) is 38.6 Å². The summed E-state index contributed by atoms with van der Waals surface area (Å²) in [4.78, 5) is 28.0. The van der Waals surface area contributed by atoms with Gasteiger partial charge in [0.2, 0.25) is 0 Å². The third-order valence-corrected chi connectivity index (χ3v) is 5.80. The second-order valence-electron chi connectivity index (χ2n) is 7.46. The van der Waals surface area contributed by atoms with E-state index in [9.17, 15) is 19.8 Å². The van der Waals surface area contributed by atoms with Crippen molar-refractivity contribution in [2.75, 3.05) is 0 Å². The molecule has 2 aromatic heterocycles. The first-order valence-corrected chi connectivity index (χ1v) is 8.48. The lowest BCUT2D eigenvalue weighted by atomic mass is 9.79. The molecule has 0 amide bonds. The number of aromatic carboxylic acids is 1. The van der Waals surface area contributed by atoms with Crippen molar-refractivity contribution >= 4 is 17.6 Å². The van der Waals surface area contributed by atoms with Crippen LogP contribution in [-0.4, -0.2) is 25.7 Å². The number of carboxylic acid groups (broad SMARTS) is 1. The fourth-order valence-corrected chi connectivity index (χ4v) is 4.53. The van der Waals surface area contributed by atoms with Gasteiger partial charge in [-0.25, -0.2) is 9.78 Å². The number of carbonyl (C=O) groups is 1. The Morgan fingerprint density at radius 1 is 1.40 bits per heavy atom. The van der Waals surface area contributed by atoms with Gasteiger partial charge in [0.1, 0.15) is 5.56 Å². The van der Waals surface area contributed by atoms with Crippen LogP contribution in [0.5, 0.6) is 5.75 Å². The predicted molar refractivity (Wildman–Crippen MR) is 92.4 cm³/mol. The van der Waals surface area contributed by atoms with Gasteiger partial charge >= 0.3 is 5.97 Å². The molecule has 3 heterocycles. The maximum atomic E-state index is 12.2. The van der Waals surface area contributed by atoms with Gasteiger partial charge in [0, 0.05) is 24.2 Å². The van der Waals surface area contributed by atoms with Gasteiger partial charge in [-0.15, -0.1) is 0 Å². The predicted octanol–water partition coefficient (Wildman–Crippen LogP) is 3.43. The van der Waals surface area contributed by atoms with Crippen molar-refractivity contribution in [1.82, 2.24) is 9.55 Å². The molecular weight excluding hydrogens is 344 g/mol. The van der Waals surface area contributed by atoms with Crippen molar-refractivity contribution in [2.24, 2.45) is 5.41 Å². The number of pyridine rings is 2. The minimum atomic E-state index is -1.24. The molecule has 2 aromatic rings. The van der Waals surface area contributed by atoms with Gasteiger partial charge < -0.3 is 14.8 Å². The number of aromatic nitrogens is 2. The molecular formula is C18H17ClN2O4. The molecule has 0 saturated heterocycles. The zero-order valence-electron chi connectivity index (χ0n) is 13.8. The highest BCUT2D eigenvalue weighted by molar-refractivity contribution is 6.30. The minimum Gasteiger partial charge on any atom is -0.505 e. The second kappa shape index (κ2) is 5.08. The monoisotopic (exact) mass is 360 g/mol. The van der Waals surface area contributed by atoms with Crippen LogP contribution in [0.4, 0.5) is 0 Å². The number of fused-ring (bicyclic) bond motifs is 6. The topological polar surface area (TPSA) is 92.4 Å². The summed E-state index contributed by atoms with van der Waals surface area (Å²) >= 11 is 5.99. The van der Waals surface area contributed by atoms with Crippen LogP contribution < -0.4 is 5.43 Å². The SMILES string of the molecule is CC1(C)CCC2c3cc(O)c(Cl)nc3-c3cc(=O)c(C(=O)O)cn3[C@@H]21. The molecule has 1 unspecified atom stereocenters. The van der Waals surface area contributed by atoms with Gasteiger partial charge in [0.25, 0.3) is 0 Å². The Balaban J connectivity index is 2.09. The first-order chi connectivity index (χ1) is 11.7. The fraction of sp³-hybridized carbons (Fsp3) is 0.389. The van der Waals surface area contributed by atoms with Crippen LogP contribution in [0.15, 0.2) is 23.1 Å². The van der Waals surface area contributed by atoms with Crippen LogP contribution >= 0.6 is 11.6 Å². The Morgan fingerprint density at radius 3 is 2.80 bits per heavy atom. The van der Waals surface area contributed by atoms with E-state index in [4.69, 9.17) is 11.6 Å². The lowest BCUT2D eigenvalue weighted by molar-refractivity contribution is 0.0693. The van der Waals surface area contributed by atoms with Gasteiger partial charge in [0.05, 0.1) is 11.4 Å². The highest BCUT2D eigenvalue weighted by Gasteiger charge is 2.48. The molecule has 1 aliphatic heterocycles. The van der Waals surface area contributed by atoms with Gasteiger partial charge in [-0.2, -0.15) is 0 Å². The maximum Gasteiger partial charge on any atom is 0.341 e. The third kappa shape index (κ3) is 2.20. The minimum absolute atomic E-state index is 0.0175. The first-order valence-electron chi connectivity index (χ1n) is 8.10. The van der Waals surface area contributed by atoms with E-state index in [1.807, 2.05) is 4.57 Å². The van der Waals surface area contributed by atoms with Gasteiger partial charge in [-0.05, 0) is 29.9 Å². The van der Waals surface area contributed by atoms with E-state index < -0.39 is 11.4 Å². The lowest BCUT2D eigenvalue weighted by Crippen LogP contribution is -2.32. The van der Waals surface area contributed by atoms with Gasteiger partial charge in [-0.1, -0.05) is 25.4 Å². The summed E-state index contributed by atoms with van der Waals surface area (Å²) in [7, 11) is 0. The van der Waals surface area contributed by atoms with Crippen LogP contribution in [-0.2, 0) is 0 Å². The molecule has 0 spiro atoms. The Bertz CT molecular complexity index is 980. The van der Waals surface area contributed by atoms with Crippen LogP contribution in [0.1, 0.15) is 54.6 Å². The van der Waals surface area contributed by atoms with E-state index in [2.05, 4.69) is 18.8 Å². The normalized spacial score (nSPS) is 22.8. The van der Waals surface area contributed by atoms with Crippen LogP contribution in [0, 0.1) is 5.41 Å². The highest BCUT2D eigenvalue weighted by atomic mass is 35.5. The van der Waals surface area contributed by atoms with Crippen molar-refractivity contribution in [3.05, 3.63) is 44.8 Å². The van der Waals surface area contributed by atoms with Crippen molar-refractivity contribution in [1.29, 1.82) is 0 Å². The number of rotatable bonds is 1. The first kappa shape index (κ1) is 16.1. The summed E-state index contributed by atoms with van der Waals surface area (Å²) in [5.41, 5.74) is 1.04. The average Bonchev–Trinajstić information content (AvgIpc) is 2.84. The molecule has 0 radical (unpaired) electrons. The Morgan fingerprint density at radius 2 is 2.12 bits per heavy atom. The van der Waals surface area contributed by atoms with E-state index in [-0.39, 0.29) is 33.8 Å². The molecule has 0 aromatic carbocycles. The molecule has 1 fully saturated rings. The number of nitrogens with zero attached hydrogens (tertiary/aromatic N) is 2. The molecule has 130 valence electrons. The van der Waals surface area contributed by atoms with Crippen LogP contribution in [0.2, 0.25) is 5.15 Å². The fourth-order valence-electron chi connectivity index (χ4n) is 4.39. The van der Waals surface area contributed by atoms with E-state index in [0.717, 1.165) is 18.4 Å². The number of halogens is 1. The summed E-state index contributed by atoms with van der Waals surface area (Å²) in [5.74, 6) is -1.24. The standard InChI is InChI=1S/C18H17ClN2O4/c1-18(2)4-3-8-9-5-13(23)16(19)20-14(9)11-6-12(22)10(17(24)25)7-21(11)15(8)18/h5-8,15,23H,3-4H2,1-2H3,(H,24,25)/t8?,15-/m0/s1. The Hall–Kier alpha value is -2.34. The van der Waals surface area contributed by atoms with Gasteiger partial charge in [-0.3, -0.25) is 4.79 Å². The molecule has 1 aliphatic carbocycles. The summed E-state index contributed by atoms with van der Waals surface area (Å²) in [6.07, 6.45) is 3.26. The van der Waals surface area contributed by atoms with E-state index >= 15 is 0 Å².